The van der Waals surface area contributed by atoms with E-state index in [2.05, 4.69) is 16.7 Å². The number of carboxylic acid groups (broad SMARTS) is 1. The summed E-state index contributed by atoms with van der Waals surface area (Å²) >= 11 is 0. The number of carbonyl (C=O) groups is 3. The highest BCUT2D eigenvalue weighted by Gasteiger charge is 2.48. The number of rotatable bonds is 9. The van der Waals surface area contributed by atoms with Crippen LogP contribution in [0.3, 0.4) is 0 Å². The molecule has 3 N–H and O–H groups in total. The summed E-state index contributed by atoms with van der Waals surface area (Å²) in [6.07, 6.45) is 8.86. The molecule has 3 rings (SSSR count). The fraction of sp³-hybridized carbons (Fsp3) is 0.500. The Morgan fingerprint density at radius 2 is 1.76 bits per heavy atom. The minimum Gasteiger partial charge on any atom is -0.481 e. The molecule has 7 heteroatoms. The molecule has 2 heterocycles. The number of benzene rings is 1. The Labute approximate surface area is 170 Å². The van der Waals surface area contributed by atoms with Crippen molar-refractivity contribution in [3.05, 3.63) is 42.5 Å². The largest absolute Gasteiger partial charge is 0.481 e. The van der Waals surface area contributed by atoms with Crippen molar-refractivity contribution in [1.82, 2.24) is 5.32 Å². The molecule has 2 saturated heterocycles. The summed E-state index contributed by atoms with van der Waals surface area (Å²) < 4.78 is 6.03. The molecule has 0 unspecified atom stereocenters. The standard InChI is InChI=1S/C22H28N2O5/c25-20(26)11-7-2-1-6-10-16-17(19-13-12-18(16)29-19)14-23-21(27)22(28)24-15-8-4-3-5-9-15/h1,3-6,8-9,16-19H,2,7,10-14H2,(H,23,27)(H,24,28)(H,25,26)/t16-,17+,18-,19+/m1/s1. The summed E-state index contributed by atoms with van der Waals surface area (Å²) in [6.45, 7) is 0.416. The van der Waals surface area contributed by atoms with Gasteiger partial charge in [0.1, 0.15) is 0 Å². The highest BCUT2D eigenvalue weighted by Crippen LogP contribution is 2.44. The average Bonchev–Trinajstić information content (AvgIpc) is 3.31. The number of para-hydroxylation sites is 1. The lowest BCUT2D eigenvalue weighted by Gasteiger charge is -2.27. The molecule has 0 aliphatic carbocycles. The number of carbonyl (C=O) groups excluding carboxylic acids is 2. The number of hydrogen-bond donors (Lipinski definition) is 3. The van der Waals surface area contributed by atoms with Crippen LogP contribution in [0.25, 0.3) is 0 Å². The molecule has 0 saturated carbocycles. The van der Waals surface area contributed by atoms with Crippen molar-refractivity contribution in [2.75, 3.05) is 11.9 Å². The van der Waals surface area contributed by atoms with E-state index in [0.717, 1.165) is 25.7 Å². The van der Waals surface area contributed by atoms with E-state index in [9.17, 15) is 14.4 Å². The highest BCUT2D eigenvalue weighted by atomic mass is 16.5. The molecule has 2 aliphatic heterocycles. The predicted molar refractivity (Wildman–Crippen MR) is 108 cm³/mol. The second kappa shape index (κ2) is 10.2. The summed E-state index contributed by atoms with van der Waals surface area (Å²) in [5, 5.41) is 14.0. The third kappa shape index (κ3) is 5.90. The second-order valence-electron chi connectivity index (χ2n) is 7.64. The minimum atomic E-state index is -0.771. The molecule has 4 atom stereocenters. The molecule has 2 fully saturated rings. The maximum atomic E-state index is 12.2. The summed E-state index contributed by atoms with van der Waals surface area (Å²) in [5.41, 5.74) is 0.585. The third-order valence-electron chi connectivity index (χ3n) is 5.66. The van der Waals surface area contributed by atoms with Gasteiger partial charge in [0.2, 0.25) is 0 Å². The zero-order valence-corrected chi connectivity index (χ0v) is 16.4. The summed E-state index contributed by atoms with van der Waals surface area (Å²) in [4.78, 5) is 34.8. The fourth-order valence-electron chi connectivity index (χ4n) is 4.22. The Kier molecular flexibility index (Phi) is 7.41. The van der Waals surface area contributed by atoms with Crippen molar-refractivity contribution in [3.8, 4) is 0 Å². The zero-order valence-electron chi connectivity index (χ0n) is 16.4. The molecule has 156 valence electrons. The van der Waals surface area contributed by atoms with E-state index in [0.29, 0.717) is 24.6 Å². The van der Waals surface area contributed by atoms with Gasteiger partial charge in [0.15, 0.2) is 0 Å². The van der Waals surface area contributed by atoms with Crippen LogP contribution in [0.5, 0.6) is 0 Å². The molecule has 1 aromatic rings. The lowest BCUT2D eigenvalue weighted by atomic mass is 9.77. The van der Waals surface area contributed by atoms with Gasteiger partial charge >= 0.3 is 17.8 Å². The van der Waals surface area contributed by atoms with Gasteiger partial charge < -0.3 is 20.5 Å². The van der Waals surface area contributed by atoms with Crippen LogP contribution in [0.4, 0.5) is 5.69 Å². The SMILES string of the molecule is O=C(O)CCCC=CC[C@@H]1[C@H](CNC(=O)C(=O)Nc2ccccc2)[C@@H]2CC[C@H]1O2. The number of anilines is 1. The number of ether oxygens (including phenoxy) is 1. The number of hydrogen-bond acceptors (Lipinski definition) is 4. The van der Waals surface area contributed by atoms with Gasteiger partial charge in [0.05, 0.1) is 12.2 Å². The molecular formula is C22H28N2O5. The maximum Gasteiger partial charge on any atom is 0.313 e. The zero-order chi connectivity index (χ0) is 20.6. The van der Waals surface area contributed by atoms with Crippen molar-refractivity contribution < 1.29 is 24.2 Å². The van der Waals surface area contributed by atoms with Crippen molar-refractivity contribution in [2.24, 2.45) is 11.8 Å². The number of fused-ring (bicyclic) bond motifs is 2. The Hall–Kier alpha value is -2.67. The first-order valence-electron chi connectivity index (χ1n) is 10.2. The van der Waals surface area contributed by atoms with E-state index in [1.165, 1.54) is 0 Å². The quantitative estimate of drug-likeness (QED) is 0.336. The molecule has 2 amide bonds. The Bertz CT molecular complexity index is 749. The van der Waals surface area contributed by atoms with Crippen LogP contribution in [0.1, 0.15) is 38.5 Å². The normalized spacial score (nSPS) is 25.2. The summed E-state index contributed by atoms with van der Waals surface area (Å²) in [7, 11) is 0. The minimum absolute atomic E-state index is 0.128. The van der Waals surface area contributed by atoms with Crippen molar-refractivity contribution in [2.45, 2.75) is 50.7 Å². The number of unbranched alkanes of at least 4 members (excludes halogenated alkanes) is 1. The lowest BCUT2D eigenvalue weighted by Crippen LogP contribution is -2.42. The lowest BCUT2D eigenvalue weighted by molar-refractivity contribution is -0.137. The molecule has 29 heavy (non-hydrogen) atoms. The maximum absolute atomic E-state index is 12.2. The summed E-state index contributed by atoms with van der Waals surface area (Å²) in [6, 6.07) is 8.88. The van der Waals surface area contributed by atoms with E-state index < -0.39 is 17.8 Å². The van der Waals surface area contributed by atoms with Gasteiger partial charge in [0, 0.05) is 24.6 Å². The molecule has 0 spiro atoms. The van der Waals surface area contributed by atoms with E-state index >= 15 is 0 Å². The first-order chi connectivity index (χ1) is 14.0. The van der Waals surface area contributed by atoms with Crippen molar-refractivity contribution in [3.63, 3.8) is 0 Å². The number of aliphatic carboxylic acids is 1. The average molecular weight is 400 g/mol. The predicted octanol–water partition coefficient (Wildman–Crippen LogP) is 2.74. The molecule has 0 aromatic heterocycles. The smallest absolute Gasteiger partial charge is 0.313 e. The summed E-state index contributed by atoms with van der Waals surface area (Å²) in [5.74, 6) is -1.59. The van der Waals surface area contributed by atoms with E-state index in [1.54, 1.807) is 24.3 Å². The van der Waals surface area contributed by atoms with Crippen LogP contribution in [0.2, 0.25) is 0 Å². The molecule has 1 aromatic carbocycles. The molecular weight excluding hydrogens is 372 g/mol. The van der Waals surface area contributed by atoms with Crippen LogP contribution in [0, 0.1) is 11.8 Å². The van der Waals surface area contributed by atoms with Gasteiger partial charge in [-0.05, 0) is 50.2 Å². The number of amides is 2. The van der Waals surface area contributed by atoms with E-state index in [4.69, 9.17) is 9.84 Å². The highest BCUT2D eigenvalue weighted by molar-refractivity contribution is 6.39. The van der Waals surface area contributed by atoms with Crippen LogP contribution < -0.4 is 10.6 Å². The number of carboxylic acids is 1. The van der Waals surface area contributed by atoms with Crippen LogP contribution in [-0.2, 0) is 19.1 Å². The van der Waals surface area contributed by atoms with Crippen molar-refractivity contribution >= 4 is 23.5 Å². The van der Waals surface area contributed by atoms with Crippen LogP contribution in [-0.4, -0.2) is 41.6 Å². The topological polar surface area (TPSA) is 105 Å². The van der Waals surface area contributed by atoms with Gasteiger partial charge in [-0.3, -0.25) is 14.4 Å². The van der Waals surface area contributed by atoms with Gasteiger partial charge in [-0.1, -0.05) is 30.4 Å². The Balaban J connectivity index is 1.45. The second-order valence-corrected chi connectivity index (χ2v) is 7.64. The van der Waals surface area contributed by atoms with Gasteiger partial charge in [0.25, 0.3) is 0 Å². The fourth-order valence-corrected chi connectivity index (χ4v) is 4.22. The third-order valence-corrected chi connectivity index (χ3v) is 5.66. The van der Waals surface area contributed by atoms with Crippen LogP contribution >= 0.6 is 0 Å². The van der Waals surface area contributed by atoms with E-state index in [-0.39, 0.29) is 24.5 Å². The molecule has 2 aliphatic rings. The molecule has 0 radical (unpaired) electrons. The van der Waals surface area contributed by atoms with Crippen LogP contribution in [0.15, 0.2) is 42.5 Å². The van der Waals surface area contributed by atoms with Gasteiger partial charge in [-0.15, -0.1) is 0 Å². The van der Waals surface area contributed by atoms with E-state index in [1.807, 2.05) is 12.1 Å². The van der Waals surface area contributed by atoms with Crippen molar-refractivity contribution in [1.29, 1.82) is 0 Å². The first kappa shape index (κ1) is 21.0. The first-order valence-corrected chi connectivity index (χ1v) is 10.2. The Morgan fingerprint density at radius 3 is 2.48 bits per heavy atom. The number of nitrogens with one attached hydrogen (secondary N) is 2. The monoisotopic (exact) mass is 400 g/mol. The number of allylic oxidation sites excluding steroid dienone is 2. The molecule has 7 nitrogen and oxygen atoms in total. The Morgan fingerprint density at radius 1 is 1.03 bits per heavy atom. The van der Waals surface area contributed by atoms with Gasteiger partial charge in [-0.25, -0.2) is 0 Å². The van der Waals surface area contributed by atoms with Gasteiger partial charge in [-0.2, -0.15) is 0 Å². The molecule has 2 bridgehead atoms.